The molecule has 1 heterocycles. The van der Waals surface area contributed by atoms with Crippen molar-refractivity contribution in [3.8, 4) is 0 Å². The zero-order valence-electron chi connectivity index (χ0n) is 7.77. The largest absolute Gasteiger partial charge is 0.341 e. The molecule has 1 aromatic carbocycles. The van der Waals surface area contributed by atoms with E-state index in [1.807, 2.05) is 6.08 Å². The lowest BCUT2D eigenvalue weighted by Crippen LogP contribution is -1.98. The maximum absolute atomic E-state index is 3.80. The second-order valence-electron chi connectivity index (χ2n) is 3.26. The zero-order valence-corrected chi connectivity index (χ0v) is 7.77. The molecule has 2 aromatic rings. The monoisotopic (exact) mass is 171 g/mol. The Hall–Kier alpha value is -1.50. The minimum atomic E-state index is 0.361. The summed E-state index contributed by atoms with van der Waals surface area (Å²) in [6.07, 6.45) is 4.06. The Morgan fingerprint density at radius 2 is 2.08 bits per heavy atom. The van der Waals surface area contributed by atoms with E-state index in [4.69, 9.17) is 0 Å². The molecule has 0 aliphatic heterocycles. The van der Waals surface area contributed by atoms with Crippen LogP contribution in [0.5, 0.6) is 0 Å². The first kappa shape index (κ1) is 8.11. The van der Waals surface area contributed by atoms with Crippen LogP contribution in [0, 0.1) is 0 Å². The molecule has 2 rings (SSSR count). The lowest BCUT2D eigenvalue weighted by atomic mass is 10.2. The van der Waals surface area contributed by atoms with Crippen molar-refractivity contribution in [3.05, 3.63) is 49.2 Å². The van der Waals surface area contributed by atoms with Crippen LogP contribution in [-0.4, -0.2) is 4.57 Å². The number of hydrogen-bond acceptors (Lipinski definition) is 0. The molecule has 13 heavy (non-hydrogen) atoms. The van der Waals surface area contributed by atoms with Gasteiger partial charge in [0.1, 0.15) is 0 Å². The van der Waals surface area contributed by atoms with E-state index in [9.17, 15) is 0 Å². The molecule has 0 N–H and O–H groups in total. The van der Waals surface area contributed by atoms with Crippen molar-refractivity contribution < 1.29 is 0 Å². The smallest absolute Gasteiger partial charge is 0.0485 e. The van der Waals surface area contributed by atoms with Gasteiger partial charge < -0.3 is 4.57 Å². The number of allylic oxidation sites excluding steroid dienone is 1. The van der Waals surface area contributed by atoms with Crippen molar-refractivity contribution in [3.63, 3.8) is 0 Å². The number of benzene rings is 1. The van der Waals surface area contributed by atoms with Gasteiger partial charge in [-0.3, -0.25) is 0 Å². The fourth-order valence-electron chi connectivity index (χ4n) is 1.57. The van der Waals surface area contributed by atoms with Crippen LogP contribution in [0.15, 0.2) is 49.2 Å². The molecule has 66 valence electrons. The van der Waals surface area contributed by atoms with E-state index >= 15 is 0 Å². The normalized spacial score (nSPS) is 13.0. The SMILES string of the molecule is C=C[C@H](C)n1ccc2ccccc21. The molecule has 0 saturated carbocycles. The van der Waals surface area contributed by atoms with Gasteiger partial charge in [-0.05, 0) is 24.4 Å². The van der Waals surface area contributed by atoms with Gasteiger partial charge >= 0.3 is 0 Å². The quantitative estimate of drug-likeness (QED) is 0.610. The van der Waals surface area contributed by atoms with Gasteiger partial charge in [-0.1, -0.05) is 24.3 Å². The molecule has 0 spiro atoms. The Morgan fingerprint density at radius 3 is 2.85 bits per heavy atom. The standard InChI is InChI=1S/C12H13N/c1-3-10(2)13-9-8-11-6-4-5-7-12(11)13/h3-10H,1H2,2H3/t10-/m0/s1. The Balaban J connectivity index is 2.64. The summed E-state index contributed by atoms with van der Waals surface area (Å²) in [6, 6.07) is 10.9. The molecule has 1 atom stereocenters. The summed E-state index contributed by atoms with van der Waals surface area (Å²) in [5.74, 6) is 0. The molecule has 0 saturated heterocycles. The fourth-order valence-corrected chi connectivity index (χ4v) is 1.57. The van der Waals surface area contributed by atoms with Gasteiger partial charge in [0.05, 0.1) is 0 Å². The summed E-state index contributed by atoms with van der Waals surface area (Å²) >= 11 is 0. The predicted octanol–water partition coefficient (Wildman–Crippen LogP) is 3.39. The van der Waals surface area contributed by atoms with Gasteiger partial charge in [-0.25, -0.2) is 0 Å². The molecule has 0 unspecified atom stereocenters. The molecular formula is C12H13N. The van der Waals surface area contributed by atoms with E-state index in [0.29, 0.717) is 6.04 Å². The van der Waals surface area contributed by atoms with Crippen LogP contribution >= 0.6 is 0 Å². The number of hydrogen-bond donors (Lipinski definition) is 0. The molecule has 1 nitrogen and oxygen atoms in total. The van der Waals surface area contributed by atoms with Crippen LogP contribution < -0.4 is 0 Å². The van der Waals surface area contributed by atoms with E-state index in [-0.39, 0.29) is 0 Å². The average Bonchev–Trinajstić information content (AvgIpc) is 2.60. The molecule has 0 bridgehead atoms. The first-order chi connectivity index (χ1) is 6.33. The zero-order chi connectivity index (χ0) is 9.26. The Labute approximate surface area is 78.3 Å². The predicted molar refractivity (Wildman–Crippen MR) is 56.8 cm³/mol. The lowest BCUT2D eigenvalue weighted by Gasteiger charge is -2.09. The van der Waals surface area contributed by atoms with Gasteiger partial charge in [0, 0.05) is 17.8 Å². The van der Waals surface area contributed by atoms with E-state index in [1.54, 1.807) is 0 Å². The van der Waals surface area contributed by atoms with Crippen LogP contribution in [0.2, 0.25) is 0 Å². The number of nitrogens with zero attached hydrogens (tertiary/aromatic N) is 1. The molecule has 0 radical (unpaired) electrons. The maximum Gasteiger partial charge on any atom is 0.0485 e. The molecular weight excluding hydrogens is 158 g/mol. The van der Waals surface area contributed by atoms with Gasteiger partial charge in [0.2, 0.25) is 0 Å². The maximum atomic E-state index is 3.80. The third-order valence-corrected chi connectivity index (χ3v) is 2.41. The molecule has 0 aliphatic carbocycles. The van der Waals surface area contributed by atoms with E-state index in [1.165, 1.54) is 10.9 Å². The summed E-state index contributed by atoms with van der Waals surface area (Å²) in [4.78, 5) is 0. The summed E-state index contributed by atoms with van der Waals surface area (Å²) in [6.45, 7) is 5.94. The molecule has 1 aromatic heterocycles. The van der Waals surface area contributed by atoms with Crippen molar-refractivity contribution in [1.82, 2.24) is 4.57 Å². The first-order valence-corrected chi connectivity index (χ1v) is 4.51. The van der Waals surface area contributed by atoms with Gasteiger partial charge in [0.25, 0.3) is 0 Å². The van der Waals surface area contributed by atoms with E-state index in [0.717, 1.165) is 0 Å². The first-order valence-electron chi connectivity index (χ1n) is 4.51. The van der Waals surface area contributed by atoms with Gasteiger partial charge in [-0.2, -0.15) is 0 Å². The Morgan fingerprint density at radius 1 is 1.31 bits per heavy atom. The number of aromatic nitrogens is 1. The number of fused-ring (bicyclic) bond motifs is 1. The highest BCUT2D eigenvalue weighted by atomic mass is 15.0. The Kier molecular flexibility index (Phi) is 1.93. The minimum Gasteiger partial charge on any atom is -0.341 e. The minimum absolute atomic E-state index is 0.361. The average molecular weight is 171 g/mol. The molecule has 0 aliphatic rings. The van der Waals surface area contributed by atoms with Crippen molar-refractivity contribution in [2.45, 2.75) is 13.0 Å². The van der Waals surface area contributed by atoms with Gasteiger partial charge in [-0.15, -0.1) is 6.58 Å². The van der Waals surface area contributed by atoms with Crippen LogP contribution in [0.4, 0.5) is 0 Å². The third kappa shape index (κ3) is 1.26. The second-order valence-corrected chi connectivity index (χ2v) is 3.26. The van der Waals surface area contributed by atoms with Crippen LogP contribution in [-0.2, 0) is 0 Å². The van der Waals surface area contributed by atoms with Gasteiger partial charge in [0.15, 0.2) is 0 Å². The van der Waals surface area contributed by atoms with Crippen LogP contribution in [0.3, 0.4) is 0 Å². The topological polar surface area (TPSA) is 4.93 Å². The molecule has 0 fully saturated rings. The summed E-state index contributed by atoms with van der Waals surface area (Å²) in [7, 11) is 0. The number of rotatable bonds is 2. The summed E-state index contributed by atoms with van der Waals surface area (Å²) < 4.78 is 2.22. The second kappa shape index (κ2) is 3.09. The molecule has 0 amide bonds. The van der Waals surface area contributed by atoms with Crippen LogP contribution in [0.25, 0.3) is 10.9 Å². The summed E-state index contributed by atoms with van der Waals surface area (Å²) in [5.41, 5.74) is 1.27. The fraction of sp³-hybridized carbons (Fsp3) is 0.167. The number of para-hydroxylation sites is 1. The third-order valence-electron chi connectivity index (χ3n) is 2.41. The molecule has 1 heteroatoms. The lowest BCUT2D eigenvalue weighted by molar-refractivity contribution is 0.689. The van der Waals surface area contributed by atoms with E-state index in [2.05, 4.69) is 54.6 Å². The van der Waals surface area contributed by atoms with Crippen LogP contribution in [0.1, 0.15) is 13.0 Å². The highest BCUT2D eigenvalue weighted by molar-refractivity contribution is 5.80. The highest BCUT2D eigenvalue weighted by Gasteiger charge is 2.02. The van der Waals surface area contributed by atoms with Crippen molar-refractivity contribution in [2.75, 3.05) is 0 Å². The van der Waals surface area contributed by atoms with E-state index < -0.39 is 0 Å². The van der Waals surface area contributed by atoms with Crippen molar-refractivity contribution in [2.24, 2.45) is 0 Å². The summed E-state index contributed by atoms with van der Waals surface area (Å²) in [5, 5.41) is 1.29. The van der Waals surface area contributed by atoms with Crippen molar-refractivity contribution >= 4 is 10.9 Å². The Bertz CT molecular complexity index is 425. The highest BCUT2D eigenvalue weighted by Crippen LogP contribution is 2.19. The van der Waals surface area contributed by atoms with Crippen molar-refractivity contribution in [1.29, 1.82) is 0 Å².